The normalized spacial score (nSPS) is 10.4. The first-order valence-corrected chi connectivity index (χ1v) is 7.28. The maximum Gasteiger partial charge on any atom is 0.325 e. The zero-order valence-corrected chi connectivity index (χ0v) is 14.1. The SMILES string of the molecule is COC(=O)CN(C(=O)c1ccc(Br)cc1Br)C(C)C. The van der Waals surface area contributed by atoms with Crippen LogP contribution < -0.4 is 0 Å². The van der Waals surface area contributed by atoms with Gasteiger partial charge in [-0.15, -0.1) is 0 Å². The second kappa shape index (κ2) is 7.05. The number of hydrogen-bond acceptors (Lipinski definition) is 3. The lowest BCUT2D eigenvalue weighted by atomic mass is 10.1. The van der Waals surface area contributed by atoms with Crippen LogP contribution in [0.3, 0.4) is 0 Å². The standard InChI is InChI=1S/C13H15Br2NO3/c1-8(2)16(7-12(17)19-3)13(18)10-5-4-9(14)6-11(10)15/h4-6,8H,7H2,1-3H3. The number of benzene rings is 1. The molecule has 0 spiro atoms. The molecule has 0 aliphatic carbocycles. The van der Waals surface area contributed by atoms with Crippen LogP contribution in [0.1, 0.15) is 24.2 Å². The molecule has 104 valence electrons. The van der Waals surface area contributed by atoms with Gasteiger partial charge in [-0.3, -0.25) is 9.59 Å². The minimum Gasteiger partial charge on any atom is -0.468 e. The van der Waals surface area contributed by atoms with Crippen molar-refractivity contribution in [3.8, 4) is 0 Å². The molecule has 19 heavy (non-hydrogen) atoms. The molecular weight excluding hydrogens is 378 g/mol. The predicted molar refractivity (Wildman–Crippen MR) is 80.0 cm³/mol. The van der Waals surface area contributed by atoms with Gasteiger partial charge in [-0.05, 0) is 48.0 Å². The summed E-state index contributed by atoms with van der Waals surface area (Å²) in [6, 6.07) is 5.20. The smallest absolute Gasteiger partial charge is 0.325 e. The molecule has 0 N–H and O–H groups in total. The number of ether oxygens (including phenoxy) is 1. The molecule has 0 unspecified atom stereocenters. The van der Waals surface area contributed by atoms with Crippen molar-refractivity contribution in [1.29, 1.82) is 0 Å². The first-order chi connectivity index (χ1) is 8.86. The minimum absolute atomic E-state index is 0.0600. The van der Waals surface area contributed by atoms with E-state index in [1.807, 2.05) is 13.8 Å². The van der Waals surface area contributed by atoms with E-state index in [2.05, 4.69) is 36.6 Å². The maximum atomic E-state index is 12.4. The Hall–Kier alpha value is -0.880. The quantitative estimate of drug-likeness (QED) is 0.739. The van der Waals surface area contributed by atoms with Gasteiger partial charge in [-0.2, -0.15) is 0 Å². The number of methoxy groups -OCH3 is 1. The third-order valence-corrected chi connectivity index (χ3v) is 3.72. The van der Waals surface area contributed by atoms with E-state index in [0.717, 1.165) is 4.47 Å². The highest BCUT2D eigenvalue weighted by atomic mass is 79.9. The number of rotatable bonds is 4. The molecule has 1 rings (SSSR count). The Labute approximate surface area is 129 Å². The van der Waals surface area contributed by atoms with E-state index in [4.69, 9.17) is 0 Å². The molecule has 1 aromatic rings. The van der Waals surface area contributed by atoms with Crippen molar-refractivity contribution < 1.29 is 14.3 Å². The highest BCUT2D eigenvalue weighted by Crippen LogP contribution is 2.23. The summed E-state index contributed by atoms with van der Waals surface area (Å²) in [6.07, 6.45) is 0. The van der Waals surface area contributed by atoms with Gasteiger partial charge in [0, 0.05) is 15.0 Å². The van der Waals surface area contributed by atoms with Gasteiger partial charge in [0.1, 0.15) is 6.54 Å². The molecule has 0 saturated heterocycles. The fourth-order valence-corrected chi connectivity index (χ4v) is 2.73. The number of hydrogen-bond donors (Lipinski definition) is 0. The third kappa shape index (κ3) is 4.31. The first kappa shape index (κ1) is 16.2. The van der Waals surface area contributed by atoms with Crippen LogP contribution in [0.15, 0.2) is 27.1 Å². The van der Waals surface area contributed by atoms with Crippen LogP contribution in [0.5, 0.6) is 0 Å². The molecule has 6 heteroatoms. The van der Waals surface area contributed by atoms with Gasteiger partial charge in [0.25, 0.3) is 5.91 Å². The van der Waals surface area contributed by atoms with Gasteiger partial charge in [0.15, 0.2) is 0 Å². The lowest BCUT2D eigenvalue weighted by Gasteiger charge is -2.26. The van der Waals surface area contributed by atoms with E-state index in [9.17, 15) is 9.59 Å². The van der Waals surface area contributed by atoms with Crippen LogP contribution in [-0.2, 0) is 9.53 Å². The summed E-state index contributed by atoms with van der Waals surface area (Å²) in [5.41, 5.74) is 0.515. The molecule has 0 fully saturated rings. The summed E-state index contributed by atoms with van der Waals surface area (Å²) < 4.78 is 6.17. The molecule has 0 aliphatic rings. The summed E-state index contributed by atoms with van der Waals surface area (Å²) in [5, 5.41) is 0. The van der Waals surface area contributed by atoms with Crippen molar-refractivity contribution in [2.45, 2.75) is 19.9 Å². The topological polar surface area (TPSA) is 46.6 Å². The van der Waals surface area contributed by atoms with Crippen molar-refractivity contribution in [2.75, 3.05) is 13.7 Å². The van der Waals surface area contributed by atoms with E-state index in [1.54, 1.807) is 18.2 Å². The molecular formula is C13H15Br2NO3. The van der Waals surface area contributed by atoms with Gasteiger partial charge in [-0.1, -0.05) is 15.9 Å². The minimum atomic E-state index is -0.435. The Morgan fingerprint density at radius 1 is 1.32 bits per heavy atom. The molecule has 0 aliphatic heterocycles. The number of carbonyl (C=O) groups excluding carboxylic acids is 2. The van der Waals surface area contributed by atoms with E-state index < -0.39 is 5.97 Å². The number of esters is 1. The number of carbonyl (C=O) groups is 2. The molecule has 0 atom stereocenters. The molecule has 0 bridgehead atoms. The van der Waals surface area contributed by atoms with Gasteiger partial charge in [0.05, 0.1) is 12.7 Å². The Bertz CT molecular complexity index is 489. The largest absolute Gasteiger partial charge is 0.468 e. The first-order valence-electron chi connectivity index (χ1n) is 5.69. The van der Waals surface area contributed by atoms with Crippen LogP contribution in [0.25, 0.3) is 0 Å². The van der Waals surface area contributed by atoms with Gasteiger partial charge >= 0.3 is 5.97 Å². The van der Waals surface area contributed by atoms with E-state index in [1.165, 1.54) is 12.0 Å². The van der Waals surface area contributed by atoms with Crippen molar-refractivity contribution in [2.24, 2.45) is 0 Å². The van der Waals surface area contributed by atoms with Crippen molar-refractivity contribution in [3.63, 3.8) is 0 Å². The molecule has 0 aromatic heterocycles. The van der Waals surface area contributed by atoms with E-state index in [0.29, 0.717) is 10.0 Å². The summed E-state index contributed by atoms with van der Waals surface area (Å²) in [6.45, 7) is 3.65. The van der Waals surface area contributed by atoms with Gasteiger partial charge in [0.2, 0.25) is 0 Å². The predicted octanol–water partition coefficient (Wildman–Crippen LogP) is 3.24. The lowest BCUT2D eigenvalue weighted by molar-refractivity contribution is -0.141. The average molecular weight is 393 g/mol. The maximum absolute atomic E-state index is 12.4. The Morgan fingerprint density at radius 3 is 2.42 bits per heavy atom. The Morgan fingerprint density at radius 2 is 1.95 bits per heavy atom. The number of nitrogens with zero attached hydrogens (tertiary/aromatic N) is 1. The van der Waals surface area contributed by atoms with E-state index in [-0.39, 0.29) is 18.5 Å². The number of halogens is 2. The van der Waals surface area contributed by atoms with Crippen LogP contribution in [-0.4, -0.2) is 36.5 Å². The van der Waals surface area contributed by atoms with Gasteiger partial charge < -0.3 is 9.64 Å². The highest BCUT2D eigenvalue weighted by molar-refractivity contribution is 9.11. The number of amides is 1. The summed E-state index contributed by atoms with van der Waals surface area (Å²) in [5.74, 6) is -0.643. The monoisotopic (exact) mass is 391 g/mol. The molecule has 1 amide bonds. The second-order valence-corrected chi connectivity index (χ2v) is 6.00. The van der Waals surface area contributed by atoms with Crippen LogP contribution in [0.2, 0.25) is 0 Å². The second-order valence-electron chi connectivity index (χ2n) is 4.23. The van der Waals surface area contributed by atoms with Crippen molar-refractivity contribution in [1.82, 2.24) is 4.90 Å². The molecule has 4 nitrogen and oxygen atoms in total. The van der Waals surface area contributed by atoms with E-state index >= 15 is 0 Å². The molecule has 0 saturated carbocycles. The average Bonchev–Trinajstić information content (AvgIpc) is 2.34. The van der Waals surface area contributed by atoms with Gasteiger partial charge in [-0.25, -0.2) is 0 Å². The highest BCUT2D eigenvalue weighted by Gasteiger charge is 2.23. The Balaban J connectivity index is 3.02. The zero-order chi connectivity index (χ0) is 14.6. The van der Waals surface area contributed by atoms with Crippen LogP contribution >= 0.6 is 31.9 Å². The molecule has 0 heterocycles. The summed E-state index contributed by atoms with van der Waals surface area (Å²) >= 11 is 6.69. The summed E-state index contributed by atoms with van der Waals surface area (Å²) in [7, 11) is 1.31. The summed E-state index contributed by atoms with van der Waals surface area (Å²) in [4.78, 5) is 25.3. The Kier molecular flexibility index (Phi) is 6.00. The zero-order valence-electron chi connectivity index (χ0n) is 10.9. The fraction of sp³-hybridized carbons (Fsp3) is 0.385. The van der Waals surface area contributed by atoms with Crippen LogP contribution in [0.4, 0.5) is 0 Å². The van der Waals surface area contributed by atoms with Crippen LogP contribution in [0, 0.1) is 0 Å². The molecule has 0 radical (unpaired) electrons. The molecule has 1 aromatic carbocycles. The lowest BCUT2D eigenvalue weighted by Crippen LogP contribution is -2.41. The van der Waals surface area contributed by atoms with Crippen molar-refractivity contribution >= 4 is 43.7 Å². The van der Waals surface area contributed by atoms with Crippen molar-refractivity contribution in [3.05, 3.63) is 32.7 Å². The third-order valence-electron chi connectivity index (χ3n) is 2.57. The fourth-order valence-electron chi connectivity index (χ4n) is 1.51.